The van der Waals surface area contributed by atoms with E-state index in [-0.39, 0.29) is 99.9 Å². The molecule has 2 aliphatic carbocycles. The number of nitriles is 2. The van der Waals surface area contributed by atoms with Crippen LogP contribution in [0.4, 0.5) is 35.1 Å². The van der Waals surface area contributed by atoms with Crippen molar-refractivity contribution in [1.29, 1.82) is 10.5 Å². The number of hydrogen-bond acceptors (Lipinski definition) is 7. The third-order valence-corrected chi connectivity index (χ3v) is 12.2. The fraction of sp³-hybridized carbons (Fsp3) is 0.551. The quantitative estimate of drug-likeness (QED) is 0.0674. The Bertz CT molecular complexity index is 2230. The summed E-state index contributed by atoms with van der Waals surface area (Å²) in [5.74, 6) is 5.98. The van der Waals surface area contributed by atoms with Crippen molar-refractivity contribution in [2.45, 2.75) is 147 Å². The van der Waals surface area contributed by atoms with E-state index < -0.39 is 46.0 Å². The van der Waals surface area contributed by atoms with Crippen LogP contribution in [-0.4, -0.2) is 87.3 Å². The first kappa shape index (κ1) is 64.3. The summed E-state index contributed by atoms with van der Waals surface area (Å²) >= 11 is 0. The molecular weight excluding hydrogens is 1010 g/mol. The number of hydrogen-bond donors (Lipinski definition) is 2. The predicted molar refractivity (Wildman–Crippen MR) is 243 cm³/mol. The Balaban J connectivity index is 0.00000102. The van der Waals surface area contributed by atoms with Gasteiger partial charge in [-0.15, -0.1) is 0 Å². The van der Waals surface area contributed by atoms with Crippen LogP contribution in [0.1, 0.15) is 127 Å². The summed E-state index contributed by atoms with van der Waals surface area (Å²) in [7, 11) is 0. The molecule has 2 aromatic heterocycles. The van der Waals surface area contributed by atoms with Crippen LogP contribution in [-0.2, 0) is 52.3 Å². The fourth-order valence-electron chi connectivity index (χ4n) is 7.11. The molecular formula is C49H65F8N7O4Pd. The summed E-state index contributed by atoms with van der Waals surface area (Å²) in [6.07, 6.45) is 1.34. The Kier molecular flexibility index (Phi) is 26.3. The monoisotopic (exact) mass is 1070 g/mol. The Hall–Kier alpha value is -4.70. The average Bonchev–Trinajstić information content (AvgIpc) is 4.13. The van der Waals surface area contributed by atoms with Crippen molar-refractivity contribution in [2.24, 2.45) is 5.92 Å². The van der Waals surface area contributed by atoms with Crippen molar-refractivity contribution in [3.05, 3.63) is 107 Å². The molecule has 2 aliphatic rings. The molecule has 2 atom stereocenters. The van der Waals surface area contributed by atoms with Crippen molar-refractivity contribution >= 4 is 0 Å². The number of halogens is 8. The molecule has 20 heteroatoms. The molecule has 2 heterocycles. The number of alkyl halides is 8. The average molecular weight is 1070 g/mol. The van der Waals surface area contributed by atoms with Gasteiger partial charge in [0, 0.05) is 26.0 Å². The van der Waals surface area contributed by atoms with Crippen molar-refractivity contribution in [2.75, 3.05) is 19.6 Å². The molecule has 6 rings (SSSR count). The smallest absolute Gasteiger partial charge is 0.412 e. The number of imidazole rings is 2. The molecule has 386 valence electrons. The molecule has 0 amide bonds. The summed E-state index contributed by atoms with van der Waals surface area (Å²) in [6.45, 7) is 16.5. The normalized spacial score (nSPS) is 15.5. The number of rotatable bonds is 15. The van der Waals surface area contributed by atoms with Crippen LogP contribution in [0, 0.1) is 40.4 Å². The van der Waals surface area contributed by atoms with E-state index in [1.54, 1.807) is 0 Å². The van der Waals surface area contributed by atoms with Gasteiger partial charge in [0.2, 0.25) is 0 Å². The molecule has 0 radical (unpaired) electrons. The summed E-state index contributed by atoms with van der Waals surface area (Å²) in [6, 6.07) is 12.5. The second-order valence-electron chi connectivity index (χ2n) is 16.6. The summed E-state index contributed by atoms with van der Waals surface area (Å²) in [5, 5.41) is 39.7. The first-order valence-electron chi connectivity index (χ1n) is 22.2. The SMILES string of the molecule is CCC(CC)CC.CCN(CC)CC.N#Cc1cncn1CC(O)(C#Cc1ccc(C(F)(F)F)cc1)C1(F)CC1.N#Cc1cncn1CC(O)(CCc1ccc(C(F)(F)F)cc1)C1(F)CC1.O.O.[Pd]. The molecule has 2 aromatic carbocycles. The zero-order valence-corrected chi connectivity index (χ0v) is 41.3. The minimum absolute atomic E-state index is 0. The van der Waals surface area contributed by atoms with Crippen LogP contribution in [0.2, 0.25) is 0 Å². The van der Waals surface area contributed by atoms with Gasteiger partial charge in [0.25, 0.3) is 0 Å². The largest absolute Gasteiger partial charge is 0.416 e. The van der Waals surface area contributed by atoms with Crippen LogP contribution in [0.3, 0.4) is 0 Å². The molecule has 2 fully saturated rings. The molecule has 69 heavy (non-hydrogen) atoms. The summed E-state index contributed by atoms with van der Waals surface area (Å²) in [5.41, 5.74) is -7.91. The van der Waals surface area contributed by atoms with Gasteiger partial charge < -0.3 is 35.2 Å². The zero-order valence-electron chi connectivity index (χ0n) is 39.8. The Labute approximate surface area is 413 Å². The van der Waals surface area contributed by atoms with E-state index in [9.17, 15) is 45.3 Å². The van der Waals surface area contributed by atoms with E-state index in [2.05, 4.69) is 68.3 Å². The van der Waals surface area contributed by atoms with Gasteiger partial charge in [0.15, 0.2) is 11.3 Å². The minimum atomic E-state index is -4.46. The molecule has 2 saturated carbocycles. The van der Waals surface area contributed by atoms with Crippen LogP contribution >= 0.6 is 0 Å². The summed E-state index contributed by atoms with van der Waals surface area (Å²) in [4.78, 5) is 9.99. The maximum Gasteiger partial charge on any atom is 0.416 e. The van der Waals surface area contributed by atoms with Gasteiger partial charge in [0.1, 0.15) is 34.8 Å². The van der Waals surface area contributed by atoms with E-state index >= 15 is 0 Å². The Morgan fingerprint density at radius 1 is 0.667 bits per heavy atom. The fourth-order valence-corrected chi connectivity index (χ4v) is 7.11. The third-order valence-electron chi connectivity index (χ3n) is 12.2. The molecule has 0 bridgehead atoms. The van der Waals surface area contributed by atoms with Crippen molar-refractivity contribution in [3.8, 4) is 24.0 Å². The molecule has 2 unspecified atom stereocenters. The molecule has 0 aliphatic heterocycles. The molecule has 11 nitrogen and oxygen atoms in total. The van der Waals surface area contributed by atoms with Gasteiger partial charge in [0.05, 0.1) is 49.3 Å². The van der Waals surface area contributed by atoms with Gasteiger partial charge in [-0.2, -0.15) is 36.9 Å². The number of benzene rings is 2. The zero-order chi connectivity index (χ0) is 49.4. The summed E-state index contributed by atoms with van der Waals surface area (Å²) < 4.78 is 108. The first-order chi connectivity index (χ1) is 31.0. The van der Waals surface area contributed by atoms with Crippen LogP contribution in [0.25, 0.3) is 0 Å². The Morgan fingerprint density at radius 2 is 1.07 bits per heavy atom. The van der Waals surface area contributed by atoms with Gasteiger partial charge in [-0.1, -0.05) is 84.8 Å². The number of aryl methyl sites for hydroxylation is 1. The second-order valence-corrected chi connectivity index (χ2v) is 16.6. The van der Waals surface area contributed by atoms with Crippen molar-refractivity contribution in [1.82, 2.24) is 24.0 Å². The second kappa shape index (κ2) is 28.2. The molecule has 4 aromatic rings. The van der Waals surface area contributed by atoms with Gasteiger partial charge in [-0.25, -0.2) is 18.7 Å². The standard InChI is InChI=1S/C18H17F4N3O.C18H13F4N3O.C7H16.C6H15N.2H2O.Pd/c2*19-16(7-8-16)17(26,11-25-12-24-10-15(25)9-23)6-5-13-1-3-14(4-2-13)18(20,21)22;2*1-4-7(5-2)6-3;;;/h1-4,10,12,26H,5-8,11H2;1-4,10,12,26H,7-8,11H2;7H,4-6H2,1-3H3;4-6H2,1-3H3;2*1H2;. The third kappa shape index (κ3) is 18.5. The maximum absolute atomic E-state index is 14.8. The first-order valence-corrected chi connectivity index (χ1v) is 22.2. The topological polar surface area (TPSA) is 190 Å². The number of nitrogens with zero attached hydrogens (tertiary/aromatic N) is 7. The predicted octanol–water partition coefficient (Wildman–Crippen LogP) is 9.23. The van der Waals surface area contributed by atoms with Crippen LogP contribution < -0.4 is 0 Å². The van der Waals surface area contributed by atoms with E-state index in [0.29, 0.717) is 5.56 Å². The van der Waals surface area contributed by atoms with Gasteiger partial charge in [-0.05, 0) is 106 Å². The number of aromatic nitrogens is 4. The van der Waals surface area contributed by atoms with Crippen LogP contribution in [0.15, 0.2) is 73.6 Å². The maximum atomic E-state index is 14.8. The molecule has 6 N–H and O–H groups in total. The van der Waals surface area contributed by atoms with E-state index in [1.807, 2.05) is 12.1 Å². The van der Waals surface area contributed by atoms with E-state index in [1.165, 1.54) is 85.2 Å². The van der Waals surface area contributed by atoms with Gasteiger partial charge in [-0.3, -0.25) is 0 Å². The number of aliphatic hydroxyl groups is 2. The van der Waals surface area contributed by atoms with Gasteiger partial charge >= 0.3 is 12.4 Å². The molecule has 0 saturated heterocycles. The minimum Gasteiger partial charge on any atom is -0.412 e. The van der Waals surface area contributed by atoms with E-state index in [4.69, 9.17) is 10.5 Å². The molecule has 0 spiro atoms. The van der Waals surface area contributed by atoms with Crippen LogP contribution in [0.5, 0.6) is 0 Å². The van der Waals surface area contributed by atoms with Crippen molar-refractivity contribution in [3.63, 3.8) is 0 Å². The Morgan fingerprint density at radius 3 is 1.41 bits per heavy atom. The van der Waals surface area contributed by atoms with E-state index in [0.717, 1.165) is 42.3 Å². The van der Waals surface area contributed by atoms with Crippen molar-refractivity contribution < 1.29 is 76.7 Å².